The van der Waals surface area contributed by atoms with Gasteiger partial charge in [-0.1, -0.05) is 0 Å². The highest BCUT2D eigenvalue weighted by Crippen LogP contribution is 2.29. The van der Waals surface area contributed by atoms with Crippen LogP contribution in [-0.4, -0.2) is 32.7 Å². The van der Waals surface area contributed by atoms with Crippen molar-refractivity contribution in [3.63, 3.8) is 0 Å². The molecule has 0 aliphatic carbocycles. The lowest BCUT2D eigenvalue weighted by molar-refractivity contribution is 0.0699. The number of aromatic nitrogens is 4. The van der Waals surface area contributed by atoms with Gasteiger partial charge in [0.05, 0.1) is 5.69 Å². The van der Waals surface area contributed by atoms with Crippen LogP contribution in [-0.2, 0) is 4.74 Å². The van der Waals surface area contributed by atoms with Gasteiger partial charge in [-0.2, -0.15) is 0 Å². The number of fused-ring (bicyclic) bond motifs is 1. The molecular formula is C17H20N6O. The monoisotopic (exact) mass is 324 g/mol. The molecule has 0 atom stereocenters. The van der Waals surface area contributed by atoms with Gasteiger partial charge in [-0.05, 0) is 44.0 Å². The number of pyridine rings is 2. The SMILES string of the molecule is Cc1nc2ccc(-c3cc(N)nc(N)c3)nc2n1C1CCOCC1. The molecule has 7 nitrogen and oxygen atoms in total. The summed E-state index contributed by atoms with van der Waals surface area (Å²) in [5, 5.41) is 0. The number of nitrogen functional groups attached to an aromatic ring is 2. The van der Waals surface area contributed by atoms with E-state index in [4.69, 9.17) is 21.2 Å². The molecule has 4 rings (SSSR count). The molecule has 24 heavy (non-hydrogen) atoms. The summed E-state index contributed by atoms with van der Waals surface area (Å²) in [5.74, 6) is 1.76. The first-order valence-corrected chi connectivity index (χ1v) is 8.08. The molecule has 1 aliphatic heterocycles. The molecular weight excluding hydrogens is 304 g/mol. The zero-order valence-electron chi connectivity index (χ0n) is 13.6. The third kappa shape index (κ3) is 2.56. The molecule has 3 aromatic heterocycles. The molecule has 0 saturated carbocycles. The van der Waals surface area contributed by atoms with Crippen LogP contribution in [0.3, 0.4) is 0 Å². The Bertz CT molecular complexity index is 877. The van der Waals surface area contributed by atoms with E-state index >= 15 is 0 Å². The molecule has 0 aromatic carbocycles. The van der Waals surface area contributed by atoms with Crippen molar-refractivity contribution >= 4 is 22.8 Å². The smallest absolute Gasteiger partial charge is 0.160 e. The number of nitrogens with zero attached hydrogens (tertiary/aromatic N) is 4. The Labute approximate surface area is 139 Å². The Balaban J connectivity index is 1.84. The highest BCUT2D eigenvalue weighted by Gasteiger charge is 2.21. The molecule has 0 bridgehead atoms. The van der Waals surface area contributed by atoms with Gasteiger partial charge >= 0.3 is 0 Å². The Morgan fingerprint density at radius 1 is 1.04 bits per heavy atom. The van der Waals surface area contributed by atoms with Gasteiger partial charge in [0.15, 0.2) is 5.65 Å². The van der Waals surface area contributed by atoms with E-state index in [0.717, 1.165) is 54.3 Å². The Hall–Kier alpha value is -2.67. The molecule has 0 radical (unpaired) electrons. The average Bonchev–Trinajstić information content (AvgIpc) is 2.89. The van der Waals surface area contributed by atoms with Crippen LogP contribution in [0.4, 0.5) is 11.6 Å². The third-order valence-electron chi connectivity index (χ3n) is 4.43. The van der Waals surface area contributed by atoms with Crippen LogP contribution in [0, 0.1) is 6.92 Å². The van der Waals surface area contributed by atoms with Gasteiger partial charge in [0.2, 0.25) is 0 Å². The summed E-state index contributed by atoms with van der Waals surface area (Å²) in [6.45, 7) is 3.58. The standard InChI is InChI=1S/C17H20N6O/c1-10-20-14-3-2-13(11-8-15(18)22-16(19)9-11)21-17(14)23(10)12-4-6-24-7-5-12/h2-3,8-9,12H,4-7H2,1H3,(H4,18,19,22). The second kappa shape index (κ2) is 5.76. The van der Waals surface area contributed by atoms with E-state index in [0.29, 0.717) is 17.7 Å². The lowest BCUT2D eigenvalue weighted by Gasteiger charge is -2.24. The largest absolute Gasteiger partial charge is 0.384 e. The van der Waals surface area contributed by atoms with Crippen LogP contribution < -0.4 is 11.5 Å². The summed E-state index contributed by atoms with van der Waals surface area (Å²) in [5.41, 5.74) is 15.1. The van der Waals surface area contributed by atoms with Crippen molar-refractivity contribution in [2.24, 2.45) is 0 Å². The van der Waals surface area contributed by atoms with Crippen LogP contribution in [0.2, 0.25) is 0 Å². The fourth-order valence-corrected chi connectivity index (χ4v) is 3.35. The Kier molecular flexibility index (Phi) is 3.57. The molecule has 0 unspecified atom stereocenters. The predicted octanol–water partition coefficient (Wildman–Crippen LogP) is 2.32. The van der Waals surface area contributed by atoms with E-state index in [1.165, 1.54) is 0 Å². The summed E-state index contributed by atoms with van der Waals surface area (Å²) in [6, 6.07) is 7.88. The molecule has 0 amide bonds. The molecule has 7 heteroatoms. The number of nitrogens with two attached hydrogens (primary N) is 2. The number of ether oxygens (including phenoxy) is 1. The molecule has 124 valence electrons. The molecule has 1 fully saturated rings. The zero-order valence-corrected chi connectivity index (χ0v) is 13.6. The normalized spacial score (nSPS) is 15.9. The number of rotatable bonds is 2. The minimum atomic E-state index is 0.374. The van der Waals surface area contributed by atoms with Crippen LogP contribution >= 0.6 is 0 Å². The fourth-order valence-electron chi connectivity index (χ4n) is 3.35. The van der Waals surface area contributed by atoms with Gasteiger partial charge in [0, 0.05) is 24.8 Å². The van der Waals surface area contributed by atoms with Crippen molar-refractivity contribution in [2.45, 2.75) is 25.8 Å². The molecule has 4 heterocycles. The maximum absolute atomic E-state index is 5.81. The number of hydrogen-bond acceptors (Lipinski definition) is 6. The van der Waals surface area contributed by atoms with Crippen molar-refractivity contribution in [3.05, 3.63) is 30.1 Å². The topological polar surface area (TPSA) is 105 Å². The van der Waals surface area contributed by atoms with E-state index in [9.17, 15) is 0 Å². The predicted molar refractivity (Wildman–Crippen MR) is 93.4 cm³/mol. The maximum atomic E-state index is 5.81. The van der Waals surface area contributed by atoms with Crippen LogP contribution in [0.25, 0.3) is 22.4 Å². The molecule has 1 saturated heterocycles. The van der Waals surface area contributed by atoms with Gasteiger partial charge < -0.3 is 20.8 Å². The maximum Gasteiger partial charge on any atom is 0.160 e. The summed E-state index contributed by atoms with van der Waals surface area (Å²) >= 11 is 0. The molecule has 0 spiro atoms. The van der Waals surface area contributed by atoms with Gasteiger partial charge in [0.1, 0.15) is 23.0 Å². The van der Waals surface area contributed by atoms with Crippen molar-refractivity contribution in [2.75, 3.05) is 24.7 Å². The van der Waals surface area contributed by atoms with Crippen molar-refractivity contribution in [3.8, 4) is 11.3 Å². The number of imidazole rings is 1. The second-order valence-electron chi connectivity index (χ2n) is 6.12. The Morgan fingerprint density at radius 2 is 1.75 bits per heavy atom. The number of aryl methyl sites for hydroxylation is 1. The van der Waals surface area contributed by atoms with Crippen LogP contribution in [0.1, 0.15) is 24.7 Å². The minimum absolute atomic E-state index is 0.374. The molecule has 4 N–H and O–H groups in total. The lowest BCUT2D eigenvalue weighted by atomic mass is 10.1. The van der Waals surface area contributed by atoms with Crippen molar-refractivity contribution in [1.29, 1.82) is 0 Å². The first-order valence-electron chi connectivity index (χ1n) is 8.08. The van der Waals surface area contributed by atoms with Gasteiger partial charge in [-0.15, -0.1) is 0 Å². The van der Waals surface area contributed by atoms with Crippen molar-refractivity contribution in [1.82, 2.24) is 19.5 Å². The van der Waals surface area contributed by atoms with Gasteiger partial charge in [-0.3, -0.25) is 0 Å². The first kappa shape index (κ1) is 14.9. The summed E-state index contributed by atoms with van der Waals surface area (Å²) in [4.78, 5) is 13.5. The van der Waals surface area contributed by atoms with Gasteiger partial charge in [0.25, 0.3) is 0 Å². The fraction of sp³-hybridized carbons (Fsp3) is 0.353. The Morgan fingerprint density at radius 3 is 2.46 bits per heavy atom. The highest BCUT2D eigenvalue weighted by atomic mass is 16.5. The van der Waals surface area contributed by atoms with E-state index < -0.39 is 0 Å². The number of hydrogen-bond donors (Lipinski definition) is 2. The average molecular weight is 324 g/mol. The van der Waals surface area contributed by atoms with Crippen molar-refractivity contribution < 1.29 is 4.74 Å². The van der Waals surface area contributed by atoms with E-state index in [-0.39, 0.29) is 0 Å². The summed E-state index contributed by atoms with van der Waals surface area (Å²) in [7, 11) is 0. The number of anilines is 2. The second-order valence-corrected chi connectivity index (χ2v) is 6.12. The summed E-state index contributed by atoms with van der Waals surface area (Å²) in [6.07, 6.45) is 1.96. The van der Waals surface area contributed by atoms with Gasteiger partial charge in [-0.25, -0.2) is 15.0 Å². The molecule has 1 aliphatic rings. The minimum Gasteiger partial charge on any atom is -0.384 e. The van der Waals surface area contributed by atoms with Crippen LogP contribution in [0.15, 0.2) is 24.3 Å². The summed E-state index contributed by atoms with van der Waals surface area (Å²) < 4.78 is 7.71. The molecule has 3 aromatic rings. The quantitative estimate of drug-likeness (QED) is 0.749. The highest BCUT2D eigenvalue weighted by molar-refractivity contribution is 5.77. The van der Waals surface area contributed by atoms with E-state index in [1.807, 2.05) is 19.1 Å². The van der Waals surface area contributed by atoms with Crippen LogP contribution in [0.5, 0.6) is 0 Å². The van der Waals surface area contributed by atoms with E-state index in [1.54, 1.807) is 12.1 Å². The third-order valence-corrected chi connectivity index (χ3v) is 4.43. The zero-order chi connectivity index (χ0) is 16.7. The van der Waals surface area contributed by atoms with E-state index in [2.05, 4.69) is 14.5 Å². The first-order chi connectivity index (χ1) is 11.6. The lowest BCUT2D eigenvalue weighted by Crippen LogP contribution is -2.20.